The van der Waals surface area contributed by atoms with Crippen molar-refractivity contribution in [2.45, 2.75) is 26.2 Å². The van der Waals surface area contributed by atoms with E-state index in [2.05, 4.69) is 32.9 Å². The van der Waals surface area contributed by atoms with Gasteiger partial charge in [-0.25, -0.2) is 0 Å². The molecular weight excluding hydrogens is 164 g/mol. The van der Waals surface area contributed by atoms with Crippen LogP contribution in [0.15, 0.2) is 24.3 Å². The second kappa shape index (κ2) is 3.31. The molecule has 1 nitrogen and oxygen atoms in total. The van der Waals surface area contributed by atoms with Crippen LogP contribution in [-0.4, -0.2) is 10.5 Å². The van der Waals surface area contributed by atoms with E-state index in [0.29, 0.717) is 0 Å². The van der Waals surface area contributed by atoms with Gasteiger partial charge in [0.15, 0.2) is 0 Å². The number of hydrogen-bond acceptors (Lipinski definition) is 1. The van der Waals surface area contributed by atoms with Crippen molar-refractivity contribution >= 4 is 10.5 Å². The zero-order valence-corrected chi connectivity index (χ0v) is 10.2. The second-order valence-electron chi connectivity index (χ2n) is 3.98. The summed E-state index contributed by atoms with van der Waals surface area (Å²) in [6.45, 7) is 6.64. The van der Waals surface area contributed by atoms with Crippen LogP contribution in [0.25, 0.3) is 0 Å². The lowest BCUT2D eigenvalue weighted by Crippen LogP contribution is -2.10. The van der Waals surface area contributed by atoms with E-state index < -0.39 is 0 Å². The topological polar surface area (TPSA) is 9.23 Å². The summed E-state index contributed by atoms with van der Waals surface area (Å²) in [5.74, 6) is 0.981. The minimum absolute atomic E-state index is 0.240. The molecule has 0 spiro atoms. The summed E-state index contributed by atoms with van der Waals surface area (Å²) in [5, 5.41) is 0. The number of benzene rings is 1. The highest BCUT2D eigenvalue weighted by atomic mass is 28.2. The molecule has 1 rings (SSSR count). The molecular formula is C10H16OSi. The van der Waals surface area contributed by atoms with Crippen molar-refractivity contribution in [1.82, 2.24) is 0 Å². The first-order valence-corrected chi connectivity index (χ1v) is 5.00. The molecule has 0 amide bonds. The molecule has 0 atom stereocenters. The second-order valence-corrected chi connectivity index (χ2v) is 4.39. The zero-order chi connectivity index (χ0) is 9.19. The van der Waals surface area contributed by atoms with Gasteiger partial charge in [-0.1, -0.05) is 32.9 Å². The van der Waals surface area contributed by atoms with Gasteiger partial charge in [-0.2, -0.15) is 0 Å². The highest BCUT2D eigenvalue weighted by molar-refractivity contribution is 5.99. The smallest absolute Gasteiger partial charge is 0.204 e. The third kappa shape index (κ3) is 2.11. The van der Waals surface area contributed by atoms with Crippen LogP contribution in [0.4, 0.5) is 0 Å². The molecule has 0 fully saturated rings. The maximum atomic E-state index is 5.22. The fraction of sp³-hybridized carbons (Fsp3) is 0.400. The fourth-order valence-corrected chi connectivity index (χ4v) is 1.36. The Labute approximate surface area is 77.3 Å². The summed E-state index contributed by atoms with van der Waals surface area (Å²) in [6.07, 6.45) is 0. The SMILES string of the molecule is CC(C)(C)c1ccc(O[SiH3])cc1. The highest BCUT2D eigenvalue weighted by Crippen LogP contribution is 2.23. The molecule has 0 heterocycles. The summed E-state index contributed by atoms with van der Waals surface area (Å²) in [7, 11) is 0.764. The molecule has 0 unspecified atom stereocenters. The Kier molecular flexibility index (Phi) is 2.57. The first-order valence-electron chi connectivity index (χ1n) is 4.18. The normalized spacial score (nSPS) is 11.6. The van der Waals surface area contributed by atoms with Crippen LogP contribution in [0.5, 0.6) is 5.75 Å². The highest BCUT2D eigenvalue weighted by Gasteiger charge is 2.12. The molecule has 0 saturated heterocycles. The lowest BCUT2D eigenvalue weighted by Gasteiger charge is -2.18. The Morgan fingerprint density at radius 2 is 1.58 bits per heavy atom. The maximum absolute atomic E-state index is 5.22. The molecule has 0 aromatic heterocycles. The largest absolute Gasteiger partial charge is 0.553 e. The van der Waals surface area contributed by atoms with E-state index in [1.165, 1.54) is 5.56 Å². The molecule has 0 aliphatic heterocycles. The third-order valence-electron chi connectivity index (χ3n) is 1.96. The van der Waals surface area contributed by atoms with E-state index in [1.54, 1.807) is 0 Å². The fourth-order valence-electron chi connectivity index (χ4n) is 1.09. The molecule has 0 aliphatic carbocycles. The summed E-state index contributed by atoms with van der Waals surface area (Å²) in [5.41, 5.74) is 1.59. The predicted octanol–water partition coefficient (Wildman–Crippen LogP) is 1.64. The van der Waals surface area contributed by atoms with Crippen molar-refractivity contribution < 1.29 is 4.43 Å². The molecule has 12 heavy (non-hydrogen) atoms. The van der Waals surface area contributed by atoms with Crippen molar-refractivity contribution in [3.8, 4) is 5.75 Å². The van der Waals surface area contributed by atoms with Crippen molar-refractivity contribution in [2.24, 2.45) is 0 Å². The van der Waals surface area contributed by atoms with Gasteiger partial charge in [0.25, 0.3) is 0 Å². The van der Waals surface area contributed by atoms with E-state index in [0.717, 1.165) is 16.2 Å². The minimum Gasteiger partial charge on any atom is -0.553 e. The third-order valence-corrected chi connectivity index (χ3v) is 2.43. The van der Waals surface area contributed by atoms with Gasteiger partial charge in [0.1, 0.15) is 5.75 Å². The average molecular weight is 180 g/mol. The van der Waals surface area contributed by atoms with E-state index >= 15 is 0 Å². The van der Waals surface area contributed by atoms with Gasteiger partial charge in [-0.05, 0) is 23.1 Å². The van der Waals surface area contributed by atoms with E-state index in [9.17, 15) is 0 Å². The lowest BCUT2D eigenvalue weighted by atomic mass is 9.87. The van der Waals surface area contributed by atoms with Gasteiger partial charge in [-0.3, -0.25) is 0 Å². The first kappa shape index (κ1) is 9.33. The quantitative estimate of drug-likeness (QED) is 0.597. The molecule has 1 aromatic carbocycles. The van der Waals surface area contributed by atoms with Crippen LogP contribution < -0.4 is 4.43 Å². The van der Waals surface area contributed by atoms with Crippen LogP contribution in [0.3, 0.4) is 0 Å². The summed E-state index contributed by atoms with van der Waals surface area (Å²) in [6, 6.07) is 8.33. The van der Waals surface area contributed by atoms with E-state index in [-0.39, 0.29) is 5.41 Å². The minimum atomic E-state index is 0.240. The molecule has 0 radical (unpaired) electrons. The molecule has 0 aliphatic rings. The Bertz CT molecular complexity index is 246. The monoisotopic (exact) mass is 180 g/mol. The van der Waals surface area contributed by atoms with Crippen LogP contribution >= 0.6 is 0 Å². The summed E-state index contributed by atoms with van der Waals surface area (Å²) >= 11 is 0. The van der Waals surface area contributed by atoms with Gasteiger partial charge >= 0.3 is 0 Å². The van der Waals surface area contributed by atoms with Crippen molar-refractivity contribution in [2.75, 3.05) is 0 Å². The summed E-state index contributed by atoms with van der Waals surface area (Å²) in [4.78, 5) is 0. The predicted molar refractivity (Wildman–Crippen MR) is 55.7 cm³/mol. The van der Waals surface area contributed by atoms with E-state index in [1.807, 2.05) is 12.1 Å². The van der Waals surface area contributed by atoms with Crippen LogP contribution in [0, 0.1) is 0 Å². The van der Waals surface area contributed by atoms with Crippen molar-refractivity contribution in [3.63, 3.8) is 0 Å². The molecule has 0 N–H and O–H groups in total. The summed E-state index contributed by atoms with van der Waals surface area (Å²) < 4.78 is 5.22. The standard InChI is InChI=1S/C10H16OSi/c1-10(2,3)8-4-6-9(11-12)7-5-8/h4-7H,1-3,12H3. The number of hydrogen-bond donors (Lipinski definition) is 0. The molecule has 2 heteroatoms. The Morgan fingerprint density at radius 3 is 1.92 bits per heavy atom. The zero-order valence-electron chi connectivity index (χ0n) is 8.22. The van der Waals surface area contributed by atoms with Crippen molar-refractivity contribution in [3.05, 3.63) is 29.8 Å². The molecule has 0 bridgehead atoms. The van der Waals surface area contributed by atoms with Gasteiger partial charge < -0.3 is 4.43 Å². The van der Waals surface area contributed by atoms with Crippen molar-refractivity contribution in [1.29, 1.82) is 0 Å². The molecule has 66 valence electrons. The van der Waals surface area contributed by atoms with Crippen LogP contribution in [0.2, 0.25) is 0 Å². The Balaban J connectivity index is 2.93. The Hall–Kier alpha value is -0.763. The van der Waals surface area contributed by atoms with Gasteiger partial charge in [0.05, 0.1) is 0 Å². The molecule has 0 saturated carbocycles. The van der Waals surface area contributed by atoms with Gasteiger partial charge in [0, 0.05) is 0 Å². The van der Waals surface area contributed by atoms with E-state index in [4.69, 9.17) is 4.43 Å². The van der Waals surface area contributed by atoms with Gasteiger partial charge in [0.2, 0.25) is 10.5 Å². The molecule has 1 aromatic rings. The number of rotatable bonds is 1. The van der Waals surface area contributed by atoms with Crippen LogP contribution in [0.1, 0.15) is 26.3 Å². The van der Waals surface area contributed by atoms with Crippen LogP contribution in [-0.2, 0) is 5.41 Å². The first-order chi connectivity index (χ1) is 5.54. The Morgan fingerprint density at radius 1 is 1.08 bits per heavy atom. The maximum Gasteiger partial charge on any atom is 0.204 e. The average Bonchev–Trinajstić information content (AvgIpc) is 2.03. The lowest BCUT2D eigenvalue weighted by molar-refractivity contribution is 0.584. The van der Waals surface area contributed by atoms with Gasteiger partial charge in [-0.15, -0.1) is 0 Å².